The van der Waals surface area contributed by atoms with Crippen LogP contribution in [-0.4, -0.2) is 28.3 Å². The molecule has 0 heterocycles. The molecule has 1 aromatic carbocycles. The zero-order chi connectivity index (χ0) is 15.5. The molecule has 0 atom stereocenters. The molecule has 0 spiro atoms. The highest BCUT2D eigenvalue weighted by Crippen LogP contribution is 2.33. The molecule has 0 aliphatic heterocycles. The predicted molar refractivity (Wildman–Crippen MR) is 82.6 cm³/mol. The zero-order valence-corrected chi connectivity index (χ0v) is 13.0. The number of hydrogen-bond donors (Lipinski definition) is 3. The Morgan fingerprint density at radius 2 is 2.10 bits per heavy atom. The molecule has 0 radical (unpaired) electrons. The number of aromatic hydroxyl groups is 1. The number of benzene rings is 1. The van der Waals surface area contributed by atoms with Crippen LogP contribution in [0.15, 0.2) is 18.2 Å². The first kappa shape index (κ1) is 16.1. The fourth-order valence-electron chi connectivity index (χ4n) is 2.83. The van der Waals surface area contributed by atoms with E-state index in [1.54, 1.807) is 0 Å². The van der Waals surface area contributed by atoms with Gasteiger partial charge in [-0.3, -0.25) is 4.79 Å². The fourth-order valence-corrected chi connectivity index (χ4v) is 3.03. The maximum Gasteiger partial charge on any atom is 0.253 e. The summed E-state index contributed by atoms with van der Waals surface area (Å²) in [7, 11) is 0. The van der Waals surface area contributed by atoms with Crippen molar-refractivity contribution in [2.24, 2.45) is 5.92 Å². The number of phenolic OH excluding ortho intramolecular Hbond substituents is 1. The molecule has 116 valence electrons. The highest BCUT2D eigenvalue weighted by molar-refractivity contribution is 6.33. The quantitative estimate of drug-likeness (QED) is 0.800. The Balaban J connectivity index is 1.93. The van der Waals surface area contributed by atoms with Crippen LogP contribution in [-0.2, 0) is 0 Å². The second-order valence-electron chi connectivity index (χ2n) is 5.92. The number of rotatable bonds is 4. The van der Waals surface area contributed by atoms with E-state index in [1.165, 1.54) is 18.2 Å². The van der Waals surface area contributed by atoms with Crippen LogP contribution >= 0.6 is 11.6 Å². The largest absolute Gasteiger partial charge is 0.508 e. The average Bonchev–Trinajstić information content (AvgIpc) is 2.48. The molecule has 1 amide bonds. The third kappa shape index (κ3) is 4.11. The fraction of sp³-hybridized carbons (Fsp3) is 0.562. The maximum absolute atomic E-state index is 12.1. The molecule has 0 aromatic heterocycles. The van der Waals surface area contributed by atoms with E-state index >= 15 is 0 Å². The van der Waals surface area contributed by atoms with Crippen LogP contribution in [0.25, 0.3) is 0 Å². The first-order valence-electron chi connectivity index (χ1n) is 7.42. The monoisotopic (exact) mass is 311 g/mol. The zero-order valence-electron chi connectivity index (χ0n) is 12.2. The van der Waals surface area contributed by atoms with Crippen LogP contribution in [0.3, 0.4) is 0 Å². The van der Waals surface area contributed by atoms with Crippen molar-refractivity contribution in [3.63, 3.8) is 0 Å². The first-order valence-corrected chi connectivity index (χ1v) is 7.80. The Labute approximate surface area is 130 Å². The Kier molecular flexibility index (Phi) is 5.12. The number of halogens is 1. The van der Waals surface area contributed by atoms with E-state index in [0.717, 1.165) is 19.3 Å². The third-order valence-corrected chi connectivity index (χ3v) is 4.72. The minimum atomic E-state index is -0.829. The van der Waals surface area contributed by atoms with Gasteiger partial charge in [-0.05, 0) is 49.8 Å². The van der Waals surface area contributed by atoms with Crippen molar-refractivity contribution in [1.82, 2.24) is 5.32 Å². The highest BCUT2D eigenvalue weighted by atomic mass is 35.5. The summed E-state index contributed by atoms with van der Waals surface area (Å²) in [5.74, 6) is 0.301. The molecule has 0 bridgehead atoms. The number of aliphatic hydroxyl groups is 1. The van der Waals surface area contributed by atoms with Gasteiger partial charge in [0.25, 0.3) is 5.91 Å². The summed E-state index contributed by atoms with van der Waals surface area (Å²) in [6, 6.07) is 4.24. The Bertz CT molecular complexity index is 510. The van der Waals surface area contributed by atoms with Crippen molar-refractivity contribution in [1.29, 1.82) is 0 Å². The molecular weight excluding hydrogens is 290 g/mol. The van der Waals surface area contributed by atoms with Gasteiger partial charge in [-0.25, -0.2) is 0 Å². The van der Waals surface area contributed by atoms with Crippen molar-refractivity contribution >= 4 is 17.5 Å². The number of hydrogen-bond acceptors (Lipinski definition) is 3. The third-order valence-electron chi connectivity index (χ3n) is 4.39. The molecule has 4 nitrogen and oxygen atoms in total. The molecule has 3 N–H and O–H groups in total. The van der Waals surface area contributed by atoms with Crippen LogP contribution < -0.4 is 5.32 Å². The molecule has 1 fully saturated rings. The predicted octanol–water partition coefficient (Wildman–Crippen LogP) is 3.11. The summed E-state index contributed by atoms with van der Waals surface area (Å²) in [5, 5.41) is 22.9. The van der Waals surface area contributed by atoms with E-state index in [-0.39, 0.29) is 28.8 Å². The van der Waals surface area contributed by atoms with Gasteiger partial charge in [0.15, 0.2) is 0 Å². The molecule has 21 heavy (non-hydrogen) atoms. The summed E-state index contributed by atoms with van der Waals surface area (Å²) in [4.78, 5) is 12.1. The molecule has 5 heteroatoms. The number of carbonyl (C=O) groups excluding carboxylic acids is 1. The van der Waals surface area contributed by atoms with Crippen molar-refractivity contribution in [2.75, 3.05) is 6.54 Å². The second-order valence-corrected chi connectivity index (χ2v) is 6.33. The maximum atomic E-state index is 12.1. The number of nitrogens with one attached hydrogen (secondary N) is 1. The minimum Gasteiger partial charge on any atom is -0.508 e. The van der Waals surface area contributed by atoms with Gasteiger partial charge in [-0.15, -0.1) is 0 Å². The summed E-state index contributed by atoms with van der Waals surface area (Å²) in [6.07, 6.45) is 4.55. The SMILES string of the molecule is CCC1CCC(O)(CNC(=O)c2cc(O)ccc2Cl)CC1. The van der Waals surface area contributed by atoms with E-state index in [2.05, 4.69) is 12.2 Å². The van der Waals surface area contributed by atoms with Crippen LogP contribution in [0.2, 0.25) is 5.02 Å². The van der Waals surface area contributed by atoms with Gasteiger partial charge in [0.1, 0.15) is 5.75 Å². The van der Waals surface area contributed by atoms with Crippen LogP contribution in [0.1, 0.15) is 49.4 Å². The number of carbonyl (C=O) groups is 1. The first-order chi connectivity index (χ1) is 9.93. The molecule has 1 aliphatic rings. The standard InChI is InChI=1S/C16H22ClNO3/c1-2-11-5-7-16(21,8-6-11)10-18-15(20)13-9-12(19)3-4-14(13)17/h3-4,9,11,19,21H,2,5-8,10H2,1H3,(H,18,20). The summed E-state index contributed by atoms with van der Waals surface area (Å²) in [5.41, 5.74) is -0.604. The van der Waals surface area contributed by atoms with Gasteiger partial charge in [0.05, 0.1) is 16.2 Å². The molecule has 0 saturated heterocycles. The van der Waals surface area contributed by atoms with E-state index in [4.69, 9.17) is 11.6 Å². The molecule has 0 unspecified atom stereocenters. The van der Waals surface area contributed by atoms with Crippen LogP contribution in [0, 0.1) is 5.92 Å². The van der Waals surface area contributed by atoms with Gasteiger partial charge >= 0.3 is 0 Å². The molecular formula is C16H22ClNO3. The smallest absolute Gasteiger partial charge is 0.253 e. The second kappa shape index (κ2) is 6.67. The molecule has 1 aliphatic carbocycles. The van der Waals surface area contributed by atoms with Crippen LogP contribution in [0.4, 0.5) is 0 Å². The lowest BCUT2D eigenvalue weighted by Crippen LogP contribution is -2.45. The van der Waals surface area contributed by atoms with Gasteiger partial charge in [0, 0.05) is 6.54 Å². The lowest BCUT2D eigenvalue weighted by atomic mass is 9.78. The summed E-state index contributed by atoms with van der Waals surface area (Å²) in [6.45, 7) is 2.38. The van der Waals surface area contributed by atoms with Gasteiger partial charge in [-0.2, -0.15) is 0 Å². The van der Waals surface area contributed by atoms with Crippen molar-refractivity contribution < 1.29 is 15.0 Å². The molecule has 2 rings (SSSR count). The Morgan fingerprint density at radius 3 is 2.71 bits per heavy atom. The molecule has 1 aromatic rings. The lowest BCUT2D eigenvalue weighted by Gasteiger charge is -2.35. The van der Waals surface area contributed by atoms with Crippen LogP contribution in [0.5, 0.6) is 5.75 Å². The number of amides is 1. The van der Waals surface area contributed by atoms with E-state index in [1.807, 2.05) is 0 Å². The highest BCUT2D eigenvalue weighted by Gasteiger charge is 2.33. The minimum absolute atomic E-state index is 0.00767. The van der Waals surface area contributed by atoms with E-state index < -0.39 is 5.60 Å². The summed E-state index contributed by atoms with van der Waals surface area (Å²) >= 11 is 5.95. The van der Waals surface area contributed by atoms with Gasteiger partial charge in [0.2, 0.25) is 0 Å². The topological polar surface area (TPSA) is 69.6 Å². The average molecular weight is 312 g/mol. The van der Waals surface area contributed by atoms with Crippen molar-refractivity contribution in [2.45, 2.75) is 44.6 Å². The normalized spacial score (nSPS) is 25.6. The van der Waals surface area contributed by atoms with Crippen molar-refractivity contribution in [3.05, 3.63) is 28.8 Å². The van der Waals surface area contributed by atoms with Crippen molar-refractivity contribution in [3.8, 4) is 5.75 Å². The Morgan fingerprint density at radius 1 is 1.43 bits per heavy atom. The van der Waals surface area contributed by atoms with Gasteiger partial charge < -0.3 is 15.5 Å². The van der Waals surface area contributed by atoms with E-state index in [9.17, 15) is 15.0 Å². The number of phenols is 1. The lowest BCUT2D eigenvalue weighted by molar-refractivity contribution is -0.00786. The Hall–Kier alpha value is -1.26. The molecule has 1 saturated carbocycles. The van der Waals surface area contributed by atoms with Gasteiger partial charge in [-0.1, -0.05) is 24.9 Å². The summed E-state index contributed by atoms with van der Waals surface area (Å²) < 4.78 is 0. The van der Waals surface area contributed by atoms with E-state index in [0.29, 0.717) is 18.8 Å².